The van der Waals surface area contributed by atoms with Crippen molar-refractivity contribution < 1.29 is 28.2 Å². The molecule has 0 saturated carbocycles. The average molecular weight is 482 g/mol. The molecule has 8 nitrogen and oxygen atoms in total. The number of benzene rings is 2. The maximum absolute atomic E-state index is 13.5. The monoisotopic (exact) mass is 481 g/mol. The molecule has 4 rings (SSSR count). The van der Waals surface area contributed by atoms with Gasteiger partial charge in [-0.15, -0.1) is 0 Å². The van der Waals surface area contributed by atoms with Gasteiger partial charge in [0.2, 0.25) is 5.89 Å². The smallest absolute Gasteiger partial charge is 0.408 e. The first kappa shape index (κ1) is 22.2. The van der Waals surface area contributed by atoms with Crippen molar-refractivity contribution in [1.29, 1.82) is 0 Å². The van der Waals surface area contributed by atoms with Crippen LogP contribution in [-0.4, -0.2) is 46.2 Å². The second-order valence-corrected chi connectivity index (χ2v) is 8.11. The number of carbonyl (C=O) groups excluding carboxylic acids is 1. The average Bonchev–Trinajstić information content (AvgIpc) is 3.20. The molecule has 0 spiro atoms. The summed E-state index contributed by atoms with van der Waals surface area (Å²) in [6, 6.07) is 7.97. The predicted molar refractivity (Wildman–Crippen MR) is 115 cm³/mol. The van der Waals surface area contributed by atoms with Crippen molar-refractivity contribution in [2.75, 3.05) is 13.2 Å². The van der Waals surface area contributed by atoms with Crippen molar-refractivity contribution in [1.82, 2.24) is 15.2 Å². The molecule has 168 valence electrons. The minimum absolute atomic E-state index is 0.0477. The number of fused-ring (bicyclic) bond motifs is 1. The number of likely N-dealkylation sites (tertiary alicyclic amines) is 1. The zero-order valence-corrected chi connectivity index (χ0v) is 18.1. The Labute approximate surface area is 191 Å². The van der Waals surface area contributed by atoms with Crippen molar-refractivity contribution in [3.05, 3.63) is 58.2 Å². The lowest BCUT2D eigenvalue weighted by Crippen LogP contribution is -2.51. The number of carbonyl (C=O) groups is 2. The molecule has 0 radical (unpaired) electrons. The van der Waals surface area contributed by atoms with Gasteiger partial charge in [-0.3, -0.25) is 9.69 Å². The van der Waals surface area contributed by atoms with Gasteiger partial charge in [0.15, 0.2) is 12.2 Å². The van der Waals surface area contributed by atoms with E-state index in [1.54, 1.807) is 18.2 Å². The third kappa shape index (κ3) is 4.73. The number of rotatable bonds is 5. The van der Waals surface area contributed by atoms with Crippen LogP contribution >= 0.6 is 23.2 Å². The topological polar surface area (TPSA) is 105 Å². The summed E-state index contributed by atoms with van der Waals surface area (Å²) in [7, 11) is 0. The largest absolute Gasteiger partial charge is 0.484 e. The molecule has 1 fully saturated rings. The van der Waals surface area contributed by atoms with E-state index in [0.717, 1.165) is 6.07 Å². The van der Waals surface area contributed by atoms with E-state index in [2.05, 4.69) is 10.3 Å². The number of nitrogens with zero attached hydrogens (tertiary/aromatic N) is 2. The number of piperidine rings is 1. The summed E-state index contributed by atoms with van der Waals surface area (Å²) in [5.41, 5.74) is 0.949. The maximum Gasteiger partial charge on any atom is 0.408 e. The first-order valence-electron chi connectivity index (χ1n) is 9.73. The number of hydrogen-bond acceptors (Lipinski definition) is 5. The molecule has 1 aliphatic rings. The summed E-state index contributed by atoms with van der Waals surface area (Å²) in [5.74, 6) is -0.691. The lowest BCUT2D eigenvalue weighted by Gasteiger charge is -2.36. The van der Waals surface area contributed by atoms with Crippen molar-refractivity contribution in [2.24, 2.45) is 0 Å². The molecule has 2 amide bonds. The van der Waals surface area contributed by atoms with E-state index in [9.17, 15) is 19.1 Å². The van der Waals surface area contributed by atoms with Gasteiger partial charge < -0.3 is 19.6 Å². The van der Waals surface area contributed by atoms with E-state index in [1.165, 1.54) is 17.0 Å². The van der Waals surface area contributed by atoms with Crippen LogP contribution in [0.4, 0.5) is 9.18 Å². The Hall–Kier alpha value is -3.04. The number of hydrogen-bond donors (Lipinski definition) is 2. The van der Waals surface area contributed by atoms with Crippen molar-refractivity contribution >= 4 is 46.3 Å². The lowest BCUT2D eigenvalue weighted by molar-refractivity contribution is -0.124. The first-order chi connectivity index (χ1) is 15.3. The van der Waals surface area contributed by atoms with Gasteiger partial charge in [-0.2, -0.15) is 0 Å². The quantitative estimate of drug-likeness (QED) is 0.549. The summed E-state index contributed by atoms with van der Waals surface area (Å²) in [6.45, 7) is -0.300. The van der Waals surface area contributed by atoms with Crippen molar-refractivity contribution in [3.8, 4) is 5.75 Å². The number of ether oxygens (including phenoxy) is 1. The van der Waals surface area contributed by atoms with Gasteiger partial charge in [0, 0.05) is 18.7 Å². The highest BCUT2D eigenvalue weighted by Gasteiger charge is 2.36. The number of oxazole rings is 1. The summed E-state index contributed by atoms with van der Waals surface area (Å²) >= 11 is 11.7. The summed E-state index contributed by atoms with van der Waals surface area (Å²) in [5, 5.41) is 12.8. The van der Waals surface area contributed by atoms with Crippen LogP contribution in [-0.2, 0) is 4.79 Å². The number of aromatic nitrogens is 1. The molecule has 32 heavy (non-hydrogen) atoms. The van der Waals surface area contributed by atoms with Crippen LogP contribution in [0.1, 0.15) is 24.8 Å². The maximum atomic E-state index is 13.5. The van der Waals surface area contributed by atoms with Crippen molar-refractivity contribution in [2.45, 2.75) is 24.9 Å². The normalized spacial score (nSPS) is 18.5. The molecule has 0 aliphatic carbocycles. The first-order valence-corrected chi connectivity index (χ1v) is 10.5. The molecule has 2 heterocycles. The molecule has 3 aromatic rings. The molecule has 0 unspecified atom stereocenters. The van der Waals surface area contributed by atoms with Crippen LogP contribution in [0.5, 0.6) is 5.75 Å². The number of halogens is 3. The molecule has 11 heteroatoms. The lowest BCUT2D eigenvalue weighted by atomic mass is 9.98. The molecular weight excluding hydrogens is 464 g/mol. The minimum Gasteiger partial charge on any atom is -0.484 e. The van der Waals surface area contributed by atoms with E-state index in [0.29, 0.717) is 29.0 Å². The Morgan fingerprint density at radius 1 is 1.25 bits per heavy atom. The van der Waals surface area contributed by atoms with Crippen LogP contribution in [0.15, 0.2) is 40.8 Å². The standard InChI is InChI=1S/C21H18Cl2FN3O5/c22-13-6-5-12(8-15(13)24)31-10-18(28)25-11-4-7-17(27(9-11)21(29)30)20-26-16-3-1-2-14(23)19(16)32-20/h1-3,5-6,8,11,17H,4,7,9-10H2,(H,25,28)(H,29,30)/t11-,17+/m0/s1. The Balaban J connectivity index is 1.39. The van der Waals surface area contributed by atoms with Crippen LogP contribution < -0.4 is 10.1 Å². The fourth-order valence-corrected chi connectivity index (χ4v) is 3.94. The number of carboxylic acid groups (broad SMARTS) is 1. The summed E-state index contributed by atoms with van der Waals surface area (Å²) < 4.78 is 24.5. The van der Waals surface area contributed by atoms with Crippen LogP contribution in [0.3, 0.4) is 0 Å². The zero-order chi connectivity index (χ0) is 22.8. The molecular formula is C21H18Cl2FN3O5. The molecule has 1 aliphatic heterocycles. The zero-order valence-electron chi connectivity index (χ0n) is 16.6. The fraction of sp³-hybridized carbons (Fsp3) is 0.286. The van der Waals surface area contributed by atoms with Crippen LogP contribution in [0, 0.1) is 5.82 Å². The van der Waals surface area contributed by atoms with Gasteiger partial charge in [0.1, 0.15) is 23.1 Å². The molecule has 2 N–H and O–H groups in total. The third-order valence-corrected chi connectivity index (χ3v) is 5.73. The van der Waals surface area contributed by atoms with E-state index in [4.69, 9.17) is 32.4 Å². The van der Waals surface area contributed by atoms with E-state index >= 15 is 0 Å². The summed E-state index contributed by atoms with van der Waals surface area (Å²) in [6.07, 6.45) is -0.261. The second kappa shape index (κ2) is 9.22. The Bertz CT molecular complexity index is 1170. The highest BCUT2D eigenvalue weighted by Crippen LogP contribution is 2.34. The number of amides is 2. The summed E-state index contributed by atoms with van der Waals surface area (Å²) in [4.78, 5) is 29.7. The van der Waals surface area contributed by atoms with Crippen LogP contribution in [0.25, 0.3) is 11.1 Å². The minimum atomic E-state index is -1.16. The predicted octanol–water partition coefficient (Wildman–Crippen LogP) is 4.65. The van der Waals surface area contributed by atoms with Gasteiger partial charge in [0.05, 0.1) is 10.0 Å². The van der Waals surface area contributed by atoms with Gasteiger partial charge in [-0.1, -0.05) is 29.3 Å². The fourth-order valence-electron chi connectivity index (χ4n) is 3.62. The third-order valence-electron chi connectivity index (χ3n) is 5.12. The highest BCUT2D eigenvalue weighted by atomic mass is 35.5. The van der Waals surface area contributed by atoms with Gasteiger partial charge in [-0.05, 0) is 37.1 Å². The van der Waals surface area contributed by atoms with Gasteiger partial charge in [-0.25, -0.2) is 14.2 Å². The molecule has 1 saturated heterocycles. The van der Waals surface area contributed by atoms with Crippen LogP contribution in [0.2, 0.25) is 10.0 Å². The van der Waals surface area contributed by atoms with E-state index in [1.807, 2.05) is 0 Å². The van der Waals surface area contributed by atoms with E-state index in [-0.39, 0.29) is 29.8 Å². The van der Waals surface area contributed by atoms with Gasteiger partial charge in [0.25, 0.3) is 5.91 Å². The molecule has 2 aromatic carbocycles. The van der Waals surface area contributed by atoms with Crippen molar-refractivity contribution in [3.63, 3.8) is 0 Å². The van der Waals surface area contributed by atoms with E-state index < -0.39 is 29.9 Å². The Kier molecular flexibility index (Phi) is 6.38. The highest BCUT2D eigenvalue weighted by molar-refractivity contribution is 6.34. The Morgan fingerprint density at radius 3 is 2.78 bits per heavy atom. The molecule has 2 atom stereocenters. The van der Waals surface area contributed by atoms with Gasteiger partial charge >= 0.3 is 6.09 Å². The second-order valence-electron chi connectivity index (χ2n) is 7.30. The molecule has 0 bridgehead atoms. The SMILES string of the molecule is O=C(COc1ccc(Cl)c(F)c1)N[C@H]1CC[C@H](c2nc3cccc(Cl)c3o2)N(C(=O)O)C1. The molecule has 1 aromatic heterocycles. The number of nitrogens with one attached hydrogen (secondary N) is 1. The number of para-hydroxylation sites is 1. The Morgan fingerprint density at radius 2 is 2.06 bits per heavy atom.